The Morgan fingerprint density at radius 2 is 1.81 bits per heavy atom. The molecule has 32 heavy (non-hydrogen) atoms. The van der Waals surface area contributed by atoms with Crippen molar-refractivity contribution in [3.63, 3.8) is 0 Å². The first-order valence-electron chi connectivity index (χ1n) is 9.87. The summed E-state index contributed by atoms with van der Waals surface area (Å²) in [5.41, 5.74) is 6.11. The van der Waals surface area contributed by atoms with Gasteiger partial charge in [-0.3, -0.25) is 25.8 Å². The summed E-state index contributed by atoms with van der Waals surface area (Å²) in [5, 5.41) is 2.47. The molecule has 10 heteroatoms. The number of carbonyl (C=O) groups is 2. The summed E-state index contributed by atoms with van der Waals surface area (Å²) in [6.45, 7) is 6.34. The maximum Gasteiger partial charge on any atom is 0.276 e. The number of ether oxygens (including phenoxy) is 2. The van der Waals surface area contributed by atoms with Gasteiger partial charge in [0.25, 0.3) is 11.8 Å². The highest BCUT2D eigenvalue weighted by atomic mass is 79.9. The van der Waals surface area contributed by atoms with Gasteiger partial charge in [-0.2, -0.15) is 0 Å². The molecule has 0 unspecified atom stereocenters. The van der Waals surface area contributed by atoms with Gasteiger partial charge in [0.05, 0.1) is 16.6 Å². The molecule has 0 atom stereocenters. The number of halogens is 2. The van der Waals surface area contributed by atoms with Gasteiger partial charge in [0.2, 0.25) is 0 Å². The zero-order valence-corrected chi connectivity index (χ0v) is 21.9. The highest BCUT2D eigenvalue weighted by Gasteiger charge is 2.15. The van der Waals surface area contributed by atoms with Crippen molar-refractivity contribution >= 4 is 61.0 Å². The van der Waals surface area contributed by atoms with E-state index < -0.39 is 11.8 Å². The van der Waals surface area contributed by atoms with Crippen LogP contribution in [0.25, 0.3) is 0 Å². The first-order valence-corrected chi connectivity index (χ1v) is 11.9. The Labute approximate surface area is 209 Å². The minimum atomic E-state index is -0.465. The molecule has 0 aromatic heterocycles. The molecule has 2 amide bonds. The van der Waals surface area contributed by atoms with E-state index in [0.29, 0.717) is 29.6 Å². The fourth-order valence-corrected chi connectivity index (χ4v) is 4.26. The standard InChI is InChI=1S/C22H25Br2N3O4S/c1-13(2)8-9-30-18-7-5-4-6-16(18)21(29)25-22(32)27-26-19(28)12-31-20-14(3)10-15(23)11-17(20)24/h4-7,10-11,13H,8-9,12H2,1-3H3,(H,26,28)(H2,25,27,29,32). The highest BCUT2D eigenvalue weighted by molar-refractivity contribution is 9.11. The van der Waals surface area contributed by atoms with Gasteiger partial charge in [-0.05, 0) is 77.2 Å². The summed E-state index contributed by atoms with van der Waals surface area (Å²) < 4.78 is 12.9. The van der Waals surface area contributed by atoms with Crippen molar-refractivity contribution < 1.29 is 19.1 Å². The van der Waals surface area contributed by atoms with Crippen LogP contribution in [0.2, 0.25) is 0 Å². The molecule has 0 bridgehead atoms. The van der Waals surface area contributed by atoms with Crippen LogP contribution in [0.4, 0.5) is 0 Å². The van der Waals surface area contributed by atoms with E-state index in [1.54, 1.807) is 24.3 Å². The van der Waals surface area contributed by atoms with Gasteiger partial charge >= 0.3 is 0 Å². The van der Waals surface area contributed by atoms with Gasteiger partial charge in [-0.25, -0.2) is 0 Å². The molecule has 0 aliphatic rings. The quantitative estimate of drug-likeness (QED) is 0.308. The molecule has 172 valence electrons. The second-order valence-electron chi connectivity index (χ2n) is 7.31. The van der Waals surface area contributed by atoms with E-state index in [1.165, 1.54) is 0 Å². The van der Waals surface area contributed by atoms with E-state index >= 15 is 0 Å². The van der Waals surface area contributed by atoms with Gasteiger partial charge in [-0.15, -0.1) is 0 Å². The van der Waals surface area contributed by atoms with E-state index in [4.69, 9.17) is 21.7 Å². The Bertz CT molecular complexity index is 962. The van der Waals surface area contributed by atoms with Gasteiger partial charge in [-0.1, -0.05) is 41.9 Å². The molecule has 2 rings (SSSR count). The van der Waals surface area contributed by atoms with E-state index in [2.05, 4.69) is 61.9 Å². The predicted octanol–water partition coefficient (Wildman–Crippen LogP) is 4.66. The molecule has 7 nitrogen and oxygen atoms in total. The number of hydrogen-bond donors (Lipinski definition) is 3. The fourth-order valence-electron chi connectivity index (χ4n) is 2.56. The van der Waals surface area contributed by atoms with E-state index in [0.717, 1.165) is 20.9 Å². The molecule has 2 aromatic carbocycles. The molecule has 0 saturated heterocycles. The zero-order valence-electron chi connectivity index (χ0n) is 18.0. The zero-order chi connectivity index (χ0) is 23.7. The molecule has 3 N–H and O–H groups in total. The van der Waals surface area contributed by atoms with Crippen molar-refractivity contribution in [3.8, 4) is 11.5 Å². The molecule has 0 spiro atoms. The number of rotatable bonds is 8. The number of hydrazine groups is 1. The number of aryl methyl sites for hydroxylation is 1. The Morgan fingerprint density at radius 1 is 1.09 bits per heavy atom. The van der Waals surface area contributed by atoms with Crippen LogP contribution in [-0.2, 0) is 4.79 Å². The third-order valence-electron chi connectivity index (χ3n) is 4.17. The lowest BCUT2D eigenvalue weighted by Gasteiger charge is -2.15. The van der Waals surface area contributed by atoms with Crippen molar-refractivity contribution in [3.05, 3.63) is 56.5 Å². The van der Waals surface area contributed by atoms with E-state index in [-0.39, 0.29) is 11.7 Å². The van der Waals surface area contributed by atoms with Crippen LogP contribution in [0.15, 0.2) is 45.3 Å². The lowest BCUT2D eigenvalue weighted by molar-refractivity contribution is -0.123. The van der Waals surface area contributed by atoms with E-state index in [1.807, 2.05) is 19.1 Å². The van der Waals surface area contributed by atoms with Gasteiger partial charge < -0.3 is 9.47 Å². The van der Waals surface area contributed by atoms with Gasteiger partial charge in [0.15, 0.2) is 11.7 Å². The van der Waals surface area contributed by atoms with Crippen molar-refractivity contribution in [1.82, 2.24) is 16.2 Å². The van der Waals surface area contributed by atoms with Gasteiger partial charge in [0.1, 0.15) is 11.5 Å². The molecule has 0 radical (unpaired) electrons. The molecule has 0 saturated carbocycles. The number of amides is 2. The Kier molecular flexibility index (Phi) is 10.4. The number of carbonyl (C=O) groups excluding carboxylic acids is 2. The molecular weight excluding hydrogens is 562 g/mol. The smallest absolute Gasteiger partial charge is 0.276 e. The average molecular weight is 587 g/mol. The number of benzene rings is 2. The minimum absolute atomic E-state index is 0.0543. The second kappa shape index (κ2) is 12.8. The summed E-state index contributed by atoms with van der Waals surface area (Å²) >= 11 is 11.9. The minimum Gasteiger partial charge on any atom is -0.493 e. The number of para-hydroxylation sites is 1. The summed E-state index contributed by atoms with van der Waals surface area (Å²) in [7, 11) is 0. The van der Waals surface area contributed by atoms with Crippen LogP contribution < -0.4 is 25.6 Å². The second-order valence-corrected chi connectivity index (χ2v) is 9.48. The molecule has 2 aromatic rings. The third-order valence-corrected chi connectivity index (χ3v) is 5.42. The monoisotopic (exact) mass is 585 g/mol. The first-order chi connectivity index (χ1) is 15.2. The predicted molar refractivity (Wildman–Crippen MR) is 135 cm³/mol. The van der Waals surface area contributed by atoms with E-state index in [9.17, 15) is 9.59 Å². The molecule has 0 fully saturated rings. The number of hydrogen-bond acceptors (Lipinski definition) is 5. The largest absolute Gasteiger partial charge is 0.493 e. The maximum absolute atomic E-state index is 12.6. The van der Waals surface area contributed by atoms with Crippen LogP contribution in [0.3, 0.4) is 0 Å². The normalized spacial score (nSPS) is 10.4. The Hall–Kier alpha value is -2.17. The van der Waals surface area contributed by atoms with Crippen molar-refractivity contribution in [2.75, 3.05) is 13.2 Å². The summed E-state index contributed by atoms with van der Waals surface area (Å²) in [6.07, 6.45) is 0.875. The van der Waals surface area contributed by atoms with Crippen molar-refractivity contribution in [2.24, 2.45) is 5.92 Å². The fraction of sp³-hybridized carbons (Fsp3) is 0.318. The first kappa shape index (κ1) is 26.1. The topological polar surface area (TPSA) is 88.7 Å². The highest BCUT2D eigenvalue weighted by Crippen LogP contribution is 2.32. The SMILES string of the molecule is Cc1cc(Br)cc(Br)c1OCC(=O)NNC(=S)NC(=O)c1ccccc1OCCC(C)C. The number of thiocarbonyl (C=S) groups is 1. The van der Waals surface area contributed by atoms with Crippen LogP contribution in [0.1, 0.15) is 36.2 Å². The van der Waals surface area contributed by atoms with Crippen LogP contribution in [0, 0.1) is 12.8 Å². The van der Waals surface area contributed by atoms with Crippen LogP contribution in [-0.4, -0.2) is 30.1 Å². The molecule has 0 heterocycles. The summed E-state index contributed by atoms with van der Waals surface area (Å²) in [5.74, 6) is 0.625. The summed E-state index contributed by atoms with van der Waals surface area (Å²) in [4.78, 5) is 24.6. The maximum atomic E-state index is 12.6. The van der Waals surface area contributed by atoms with Crippen molar-refractivity contribution in [2.45, 2.75) is 27.2 Å². The lowest BCUT2D eigenvalue weighted by atomic mass is 10.1. The molecule has 0 aliphatic carbocycles. The summed E-state index contributed by atoms with van der Waals surface area (Å²) in [6, 6.07) is 10.6. The third kappa shape index (κ3) is 8.40. The number of nitrogens with one attached hydrogen (secondary N) is 3. The van der Waals surface area contributed by atoms with Crippen LogP contribution >= 0.6 is 44.1 Å². The Balaban J connectivity index is 1.83. The average Bonchev–Trinajstić information content (AvgIpc) is 2.71. The van der Waals surface area contributed by atoms with Gasteiger partial charge in [0, 0.05) is 4.47 Å². The Morgan fingerprint density at radius 3 is 2.50 bits per heavy atom. The molecular formula is C22H25Br2N3O4S. The molecule has 0 aliphatic heterocycles. The lowest BCUT2D eigenvalue weighted by Crippen LogP contribution is -2.49. The van der Waals surface area contributed by atoms with Crippen LogP contribution in [0.5, 0.6) is 11.5 Å². The van der Waals surface area contributed by atoms with Crippen molar-refractivity contribution in [1.29, 1.82) is 0 Å².